The number of phenolic OH excluding ortho intramolecular Hbond substituents is 1. The van der Waals surface area contributed by atoms with E-state index in [0.29, 0.717) is 4.55 Å². The van der Waals surface area contributed by atoms with Gasteiger partial charge in [-0.15, -0.1) is 0 Å². The SMILES string of the molecule is CN(CI)CC(=O)NCc1cc(F)c2c(c1O)C(O)=C1C(=O)[C@]3(O)C(O)=C(C(N)=O)C(=O)[C@@H](N(C)C)[C@@H]3C[C@@H]1C2. The topological polar surface area (TPSA) is 194 Å². The number of aromatic hydroxyl groups is 1. The van der Waals surface area contributed by atoms with Crippen LogP contribution in [0.25, 0.3) is 5.76 Å². The van der Waals surface area contributed by atoms with Crippen molar-refractivity contribution in [3.8, 4) is 5.75 Å². The molecule has 12 nitrogen and oxygen atoms in total. The van der Waals surface area contributed by atoms with Gasteiger partial charge in [-0.05, 0) is 46.0 Å². The number of phenols is 1. The standard InChI is InChI=1S/C26H30FIN4O8/c1-31(2)19-13-5-10-4-12-14(27)6-11(7-30-15(33)8-32(3)9-28)20(34)17(12)21(35)16(10)23(37)26(13,40)24(38)18(22(19)36)25(29)39/h6,10,13,19,34-35,38,40H,4-5,7-9H2,1-3H3,(H2,29,39)(H,30,33)/t10-,13-,19-,26-/m0/s1. The average Bonchev–Trinajstić information content (AvgIpc) is 2.86. The van der Waals surface area contributed by atoms with Gasteiger partial charge in [0.1, 0.15) is 28.7 Å². The number of halogens is 2. The second kappa shape index (κ2) is 10.7. The maximum Gasteiger partial charge on any atom is 0.255 e. The smallest absolute Gasteiger partial charge is 0.255 e. The van der Waals surface area contributed by atoms with Gasteiger partial charge in [0.15, 0.2) is 11.4 Å². The van der Waals surface area contributed by atoms with Crippen LogP contribution in [-0.4, -0.2) is 97.5 Å². The first-order chi connectivity index (χ1) is 18.7. The fourth-order valence-corrected chi connectivity index (χ4v) is 6.23. The zero-order valence-corrected chi connectivity index (χ0v) is 24.2. The number of carbonyl (C=O) groups excluding carboxylic acids is 4. The van der Waals surface area contributed by atoms with Gasteiger partial charge in [0.25, 0.3) is 5.91 Å². The molecule has 0 spiro atoms. The van der Waals surface area contributed by atoms with E-state index in [1.165, 1.54) is 19.0 Å². The number of nitrogens with one attached hydrogen (secondary N) is 1. The second-order valence-corrected chi connectivity index (χ2v) is 11.3. The molecular weight excluding hydrogens is 642 g/mol. The number of aliphatic hydroxyl groups is 3. The molecular formula is C26H30FIN4O8. The lowest BCUT2D eigenvalue weighted by atomic mass is 9.57. The maximum atomic E-state index is 15.3. The number of rotatable bonds is 7. The van der Waals surface area contributed by atoms with E-state index >= 15 is 4.39 Å². The summed E-state index contributed by atoms with van der Waals surface area (Å²) < 4.78 is 15.9. The Morgan fingerprint density at radius 3 is 2.45 bits per heavy atom. The lowest BCUT2D eigenvalue weighted by Crippen LogP contribution is -2.65. The van der Waals surface area contributed by atoms with Gasteiger partial charge in [0, 0.05) is 29.2 Å². The molecule has 3 aliphatic carbocycles. The van der Waals surface area contributed by atoms with Gasteiger partial charge in [-0.3, -0.25) is 29.0 Å². The van der Waals surface area contributed by atoms with Crippen LogP contribution in [0.2, 0.25) is 0 Å². The number of alkyl halides is 1. The number of likely N-dealkylation sites (N-methyl/N-ethyl adjacent to an activating group) is 2. The van der Waals surface area contributed by atoms with E-state index < -0.39 is 69.6 Å². The van der Waals surface area contributed by atoms with Crippen molar-refractivity contribution < 1.29 is 44.0 Å². The highest BCUT2D eigenvalue weighted by molar-refractivity contribution is 14.1. The molecule has 1 fully saturated rings. The summed E-state index contributed by atoms with van der Waals surface area (Å²) in [5.74, 6) is -9.26. The minimum Gasteiger partial charge on any atom is -0.508 e. The van der Waals surface area contributed by atoms with E-state index in [1.807, 2.05) is 0 Å². The van der Waals surface area contributed by atoms with Gasteiger partial charge in [-0.2, -0.15) is 0 Å². The summed E-state index contributed by atoms with van der Waals surface area (Å²) in [4.78, 5) is 54.3. The van der Waals surface area contributed by atoms with Crippen LogP contribution >= 0.6 is 22.6 Å². The van der Waals surface area contributed by atoms with Crippen LogP contribution in [0.15, 0.2) is 23.0 Å². The van der Waals surface area contributed by atoms with Crippen LogP contribution in [0.1, 0.15) is 23.1 Å². The molecule has 1 saturated carbocycles. The first kappa shape index (κ1) is 29.9. The Morgan fingerprint density at radius 2 is 1.88 bits per heavy atom. The summed E-state index contributed by atoms with van der Waals surface area (Å²) >= 11 is 2.08. The summed E-state index contributed by atoms with van der Waals surface area (Å²) in [5, 5.41) is 47.3. The molecule has 7 N–H and O–H groups in total. The van der Waals surface area contributed by atoms with E-state index in [2.05, 4.69) is 27.9 Å². The van der Waals surface area contributed by atoms with Crippen LogP contribution in [0.5, 0.6) is 5.75 Å². The number of hydrogen-bond donors (Lipinski definition) is 6. The molecule has 0 radical (unpaired) electrons. The molecule has 4 atom stereocenters. The Bertz CT molecular complexity index is 1390. The largest absolute Gasteiger partial charge is 0.508 e. The van der Waals surface area contributed by atoms with Crippen molar-refractivity contribution in [1.29, 1.82) is 0 Å². The molecule has 0 saturated heterocycles. The van der Waals surface area contributed by atoms with Crippen molar-refractivity contribution in [2.24, 2.45) is 17.6 Å². The lowest BCUT2D eigenvalue weighted by Gasteiger charge is -2.50. The zero-order valence-electron chi connectivity index (χ0n) is 22.0. The first-order valence-corrected chi connectivity index (χ1v) is 13.9. The molecule has 216 valence electrons. The maximum absolute atomic E-state index is 15.3. The van der Waals surface area contributed by atoms with Crippen molar-refractivity contribution in [2.45, 2.75) is 31.0 Å². The van der Waals surface area contributed by atoms with Crippen LogP contribution in [-0.2, 0) is 32.1 Å². The molecule has 0 aromatic heterocycles. The summed E-state index contributed by atoms with van der Waals surface area (Å²) in [7, 11) is 4.71. The van der Waals surface area contributed by atoms with Crippen molar-refractivity contribution >= 4 is 51.7 Å². The van der Waals surface area contributed by atoms with E-state index in [1.54, 1.807) is 11.9 Å². The van der Waals surface area contributed by atoms with Gasteiger partial charge in [-0.25, -0.2) is 4.39 Å². The number of primary amides is 1. The van der Waals surface area contributed by atoms with Gasteiger partial charge < -0.3 is 31.5 Å². The molecule has 0 aliphatic heterocycles. The number of fused-ring (bicyclic) bond motifs is 3. The van der Waals surface area contributed by atoms with Crippen molar-refractivity contribution in [3.05, 3.63) is 45.5 Å². The number of carbonyl (C=O) groups is 4. The van der Waals surface area contributed by atoms with Gasteiger partial charge in [-0.1, -0.05) is 22.6 Å². The highest BCUT2D eigenvalue weighted by Gasteiger charge is 2.64. The molecule has 0 bridgehead atoms. The summed E-state index contributed by atoms with van der Waals surface area (Å²) in [6, 6.07) is -0.191. The Morgan fingerprint density at radius 1 is 1.23 bits per heavy atom. The molecule has 0 unspecified atom stereocenters. The third kappa shape index (κ3) is 4.55. The predicted octanol–water partition coefficient (Wildman–Crippen LogP) is 0.0436. The molecule has 40 heavy (non-hydrogen) atoms. The Labute approximate surface area is 242 Å². The van der Waals surface area contributed by atoms with Crippen molar-refractivity contribution in [3.63, 3.8) is 0 Å². The molecule has 4 rings (SSSR count). The number of Topliss-reactive ketones (excluding diaryl/α,β-unsaturated/α-hetero) is 2. The normalized spacial score (nSPS) is 26.1. The molecule has 3 aliphatic rings. The highest BCUT2D eigenvalue weighted by Crippen LogP contribution is 2.53. The molecule has 0 heterocycles. The number of nitrogens with zero attached hydrogens (tertiary/aromatic N) is 2. The summed E-state index contributed by atoms with van der Waals surface area (Å²) in [6.07, 6.45) is -0.310. The van der Waals surface area contributed by atoms with Gasteiger partial charge in [0.2, 0.25) is 11.7 Å². The fraction of sp³-hybridized carbons (Fsp3) is 0.462. The Hall–Kier alpha value is -3.08. The Kier molecular flexibility index (Phi) is 8.01. The first-order valence-electron chi connectivity index (χ1n) is 12.4. The van der Waals surface area contributed by atoms with Crippen LogP contribution in [0, 0.1) is 17.7 Å². The zero-order chi connectivity index (χ0) is 29.8. The van der Waals surface area contributed by atoms with E-state index in [4.69, 9.17) is 5.73 Å². The quantitative estimate of drug-likeness (QED) is 0.0998. The van der Waals surface area contributed by atoms with Crippen molar-refractivity contribution in [1.82, 2.24) is 15.1 Å². The average molecular weight is 672 g/mol. The number of ketones is 2. The lowest BCUT2D eigenvalue weighted by molar-refractivity contribution is -0.153. The predicted molar refractivity (Wildman–Crippen MR) is 148 cm³/mol. The molecule has 14 heteroatoms. The number of nitrogens with two attached hydrogens (primary N) is 1. The fourth-order valence-electron chi connectivity index (χ4n) is 5.99. The van der Waals surface area contributed by atoms with E-state index in [-0.39, 0.29) is 54.1 Å². The molecule has 1 aromatic carbocycles. The number of amides is 2. The Balaban J connectivity index is 1.81. The van der Waals surface area contributed by atoms with E-state index in [9.17, 15) is 39.6 Å². The summed E-state index contributed by atoms with van der Waals surface area (Å²) in [6.45, 7) is -0.211. The van der Waals surface area contributed by atoms with Gasteiger partial charge in [0.05, 0.1) is 22.7 Å². The number of hydrogen-bond acceptors (Lipinski definition) is 10. The van der Waals surface area contributed by atoms with E-state index in [0.717, 1.165) is 6.07 Å². The second-order valence-electron chi connectivity index (χ2n) is 10.6. The minimum atomic E-state index is -2.78. The molecule has 2 amide bonds. The minimum absolute atomic E-state index is 0.0538. The highest BCUT2D eigenvalue weighted by atomic mass is 127. The van der Waals surface area contributed by atoms with Crippen molar-refractivity contribution in [2.75, 3.05) is 32.2 Å². The molecule has 1 aromatic rings. The third-order valence-electron chi connectivity index (χ3n) is 7.84. The number of benzene rings is 1. The van der Waals surface area contributed by atoms with Gasteiger partial charge >= 0.3 is 0 Å². The van der Waals surface area contributed by atoms with Crippen LogP contribution in [0.3, 0.4) is 0 Å². The summed E-state index contributed by atoms with van der Waals surface area (Å²) in [5.41, 5.74) is 0.723. The van der Waals surface area contributed by atoms with Crippen LogP contribution < -0.4 is 11.1 Å². The number of aliphatic hydroxyl groups excluding tert-OH is 2. The van der Waals surface area contributed by atoms with Crippen LogP contribution in [0.4, 0.5) is 4.39 Å². The monoisotopic (exact) mass is 672 g/mol. The third-order valence-corrected chi connectivity index (χ3v) is 9.00.